The van der Waals surface area contributed by atoms with Gasteiger partial charge < -0.3 is 19.5 Å². The third-order valence-corrected chi connectivity index (χ3v) is 9.74. The topological polar surface area (TPSA) is 110 Å². The van der Waals surface area contributed by atoms with E-state index in [1.165, 1.54) is 77.0 Å². The lowest BCUT2D eigenvalue weighted by Crippen LogP contribution is -2.33. The molecule has 322 valence electrons. The number of carboxylic acid groups (broad SMARTS) is 1. The first-order chi connectivity index (χ1) is 27.4. The zero-order valence-electron chi connectivity index (χ0n) is 36.0. The summed E-state index contributed by atoms with van der Waals surface area (Å²) in [6.45, 7) is 6.06. The van der Waals surface area contributed by atoms with Crippen LogP contribution in [-0.2, 0) is 28.7 Å². The monoisotopic (exact) mass is 786 g/mol. The number of allylic oxidation sites excluding steroid dienone is 8. The maximum Gasteiger partial charge on any atom is 0.305 e. The van der Waals surface area contributed by atoms with Crippen molar-refractivity contribution in [1.29, 1.82) is 0 Å². The number of aliphatic carboxylic acids is 1. The molecule has 0 radical (unpaired) electrons. The molecule has 0 atom stereocenters. The molecule has 1 N–H and O–H groups in total. The van der Waals surface area contributed by atoms with Crippen LogP contribution in [0.25, 0.3) is 0 Å². The lowest BCUT2D eigenvalue weighted by atomic mass is 10.1. The van der Waals surface area contributed by atoms with Crippen molar-refractivity contribution in [3.05, 3.63) is 48.6 Å². The lowest BCUT2D eigenvalue weighted by molar-refractivity contribution is -0.144. The summed E-state index contributed by atoms with van der Waals surface area (Å²) in [6, 6.07) is 0. The number of amides is 1. The van der Waals surface area contributed by atoms with Crippen molar-refractivity contribution in [2.24, 2.45) is 0 Å². The summed E-state index contributed by atoms with van der Waals surface area (Å²) in [4.78, 5) is 49.8. The summed E-state index contributed by atoms with van der Waals surface area (Å²) in [5.41, 5.74) is 0. The zero-order valence-corrected chi connectivity index (χ0v) is 36.0. The fraction of sp³-hybridized carbons (Fsp3) is 0.750. The van der Waals surface area contributed by atoms with E-state index in [1.54, 1.807) is 4.90 Å². The molecular weight excluding hydrogens is 703 g/mol. The molecule has 0 aromatic rings. The average Bonchev–Trinajstić information content (AvgIpc) is 3.18. The van der Waals surface area contributed by atoms with Crippen LogP contribution in [0, 0.1) is 0 Å². The van der Waals surface area contributed by atoms with Crippen LogP contribution in [0.15, 0.2) is 48.6 Å². The second-order valence-corrected chi connectivity index (χ2v) is 15.1. The van der Waals surface area contributed by atoms with Gasteiger partial charge in [-0.1, -0.05) is 127 Å². The predicted molar refractivity (Wildman–Crippen MR) is 233 cm³/mol. The third-order valence-electron chi connectivity index (χ3n) is 9.74. The number of hydrogen-bond donors (Lipinski definition) is 1. The van der Waals surface area contributed by atoms with Gasteiger partial charge in [0.2, 0.25) is 5.91 Å². The van der Waals surface area contributed by atoms with Gasteiger partial charge in [0.25, 0.3) is 0 Å². The Labute approximate surface area is 343 Å². The molecule has 0 saturated heterocycles. The number of esters is 2. The normalized spacial score (nSPS) is 11.8. The highest BCUT2D eigenvalue weighted by Gasteiger charge is 2.15. The highest BCUT2D eigenvalue weighted by molar-refractivity contribution is 5.80. The van der Waals surface area contributed by atoms with E-state index < -0.39 is 5.97 Å². The van der Waals surface area contributed by atoms with E-state index >= 15 is 0 Å². The van der Waals surface area contributed by atoms with Gasteiger partial charge in [0, 0.05) is 32.4 Å². The molecule has 56 heavy (non-hydrogen) atoms. The number of carbonyl (C=O) groups is 4. The largest absolute Gasteiger partial charge is 0.481 e. The minimum atomic E-state index is -0.995. The average molecular weight is 786 g/mol. The molecule has 0 heterocycles. The van der Waals surface area contributed by atoms with Gasteiger partial charge in [-0.2, -0.15) is 0 Å². The molecule has 0 unspecified atom stereocenters. The SMILES string of the molecule is CCCCC/C=C\C/C=C\CCCCCCCC(=O)OCCCCN(CCCCOC(=O)CCCCCCC/C=C\C/C=C\CCCCC)C(=O)CCC(=O)O. The van der Waals surface area contributed by atoms with Crippen molar-refractivity contribution >= 4 is 23.8 Å². The van der Waals surface area contributed by atoms with Gasteiger partial charge in [0.05, 0.1) is 19.6 Å². The van der Waals surface area contributed by atoms with E-state index in [2.05, 4.69) is 62.5 Å². The molecule has 0 fully saturated rings. The van der Waals surface area contributed by atoms with Gasteiger partial charge in [-0.05, 0) is 103 Å². The van der Waals surface area contributed by atoms with Gasteiger partial charge in [-0.25, -0.2) is 0 Å². The number of rotatable bonds is 41. The number of ether oxygens (including phenoxy) is 2. The summed E-state index contributed by atoms with van der Waals surface area (Å²) < 4.78 is 10.8. The van der Waals surface area contributed by atoms with Crippen molar-refractivity contribution in [1.82, 2.24) is 4.90 Å². The van der Waals surface area contributed by atoms with Crippen LogP contribution in [0.1, 0.15) is 206 Å². The van der Waals surface area contributed by atoms with E-state index in [9.17, 15) is 19.2 Å². The summed E-state index contributed by atoms with van der Waals surface area (Å²) in [7, 11) is 0. The van der Waals surface area contributed by atoms with Gasteiger partial charge in [0.1, 0.15) is 0 Å². The van der Waals surface area contributed by atoms with Crippen LogP contribution in [-0.4, -0.2) is 60.1 Å². The second-order valence-electron chi connectivity index (χ2n) is 15.1. The van der Waals surface area contributed by atoms with E-state index in [4.69, 9.17) is 14.6 Å². The molecule has 0 aromatic heterocycles. The highest BCUT2D eigenvalue weighted by Crippen LogP contribution is 2.11. The Morgan fingerprint density at radius 3 is 1.20 bits per heavy atom. The fourth-order valence-electron chi connectivity index (χ4n) is 6.22. The quantitative estimate of drug-likeness (QED) is 0.0373. The second kappa shape index (κ2) is 43.0. The third kappa shape index (κ3) is 40.5. The molecule has 8 heteroatoms. The summed E-state index contributed by atoms with van der Waals surface area (Å²) in [5.74, 6) is -1.53. The Kier molecular flexibility index (Phi) is 40.5. The number of carbonyl (C=O) groups excluding carboxylic acids is 3. The van der Waals surface area contributed by atoms with E-state index in [0.717, 1.165) is 64.2 Å². The van der Waals surface area contributed by atoms with Gasteiger partial charge >= 0.3 is 17.9 Å². The number of carboxylic acids is 1. The van der Waals surface area contributed by atoms with E-state index in [0.29, 0.717) is 64.8 Å². The minimum absolute atomic E-state index is 0.0413. The minimum Gasteiger partial charge on any atom is -0.481 e. The lowest BCUT2D eigenvalue weighted by Gasteiger charge is -2.22. The molecule has 8 nitrogen and oxygen atoms in total. The van der Waals surface area contributed by atoms with Crippen LogP contribution >= 0.6 is 0 Å². The zero-order chi connectivity index (χ0) is 41.0. The van der Waals surface area contributed by atoms with Gasteiger partial charge in [0.15, 0.2) is 0 Å². The highest BCUT2D eigenvalue weighted by atomic mass is 16.5. The Balaban J connectivity index is 3.96. The van der Waals surface area contributed by atoms with Crippen molar-refractivity contribution in [2.45, 2.75) is 206 Å². The Morgan fingerprint density at radius 1 is 0.429 bits per heavy atom. The molecule has 0 aromatic carbocycles. The Hall–Kier alpha value is -3.16. The van der Waals surface area contributed by atoms with Gasteiger partial charge in [-0.3, -0.25) is 19.2 Å². The molecule has 0 rings (SSSR count). The van der Waals surface area contributed by atoms with Crippen LogP contribution in [0.5, 0.6) is 0 Å². The van der Waals surface area contributed by atoms with Crippen LogP contribution in [0.4, 0.5) is 0 Å². The molecule has 1 amide bonds. The van der Waals surface area contributed by atoms with Crippen LogP contribution < -0.4 is 0 Å². The first kappa shape index (κ1) is 52.8. The molecular formula is C48H83NO7. The molecule has 0 spiro atoms. The van der Waals surface area contributed by atoms with E-state index in [-0.39, 0.29) is 30.7 Å². The van der Waals surface area contributed by atoms with Crippen molar-refractivity contribution in [3.63, 3.8) is 0 Å². The van der Waals surface area contributed by atoms with Crippen molar-refractivity contribution in [3.8, 4) is 0 Å². The summed E-state index contributed by atoms with van der Waals surface area (Å²) >= 11 is 0. The summed E-state index contributed by atoms with van der Waals surface area (Å²) in [5, 5.41) is 9.03. The number of nitrogens with zero attached hydrogens (tertiary/aromatic N) is 1. The van der Waals surface area contributed by atoms with E-state index in [1.807, 2.05) is 0 Å². The molecule has 0 aliphatic carbocycles. The molecule has 0 saturated carbocycles. The summed E-state index contributed by atoms with van der Waals surface area (Å²) in [6.07, 6.45) is 46.5. The van der Waals surface area contributed by atoms with Crippen LogP contribution in [0.3, 0.4) is 0 Å². The van der Waals surface area contributed by atoms with Crippen molar-refractivity contribution < 1.29 is 33.8 Å². The maximum absolute atomic E-state index is 12.7. The fourth-order valence-corrected chi connectivity index (χ4v) is 6.22. The molecule has 0 bridgehead atoms. The number of unbranched alkanes of at least 4 members (excludes halogenated alkanes) is 18. The number of hydrogen-bond acceptors (Lipinski definition) is 6. The standard InChI is InChI=1S/C48H83NO7/c1-3-5-7-9-11-13-15-17-19-21-23-25-27-29-31-37-47(53)55-43-35-33-41-49(45(50)39-40-46(51)52)42-34-36-44-56-48(54)38-32-30-28-26-24-22-20-18-16-14-12-10-8-6-4-2/h11-14,17-20H,3-10,15-16,21-44H2,1-2H3,(H,51,52)/b13-11-,14-12-,19-17-,20-18-. The first-order valence-electron chi connectivity index (χ1n) is 22.8. The van der Waals surface area contributed by atoms with Gasteiger partial charge in [-0.15, -0.1) is 0 Å². The molecule has 0 aliphatic heterocycles. The predicted octanol–water partition coefficient (Wildman–Crippen LogP) is 13.0. The Morgan fingerprint density at radius 2 is 0.804 bits per heavy atom. The van der Waals surface area contributed by atoms with Crippen molar-refractivity contribution in [2.75, 3.05) is 26.3 Å². The molecule has 0 aliphatic rings. The Bertz CT molecular complexity index is 996. The maximum atomic E-state index is 12.7. The van der Waals surface area contributed by atoms with Crippen LogP contribution in [0.2, 0.25) is 0 Å². The smallest absolute Gasteiger partial charge is 0.305 e. The first-order valence-corrected chi connectivity index (χ1v) is 22.8.